The molecule has 9 heteroatoms. The molecule has 0 rings (SSSR count). The predicted octanol–water partition coefficient (Wildman–Crippen LogP) is -0.719. The van der Waals surface area contributed by atoms with Crippen molar-refractivity contribution in [1.82, 2.24) is 0 Å². The van der Waals surface area contributed by atoms with Gasteiger partial charge in [0.1, 0.15) is 6.61 Å². The van der Waals surface area contributed by atoms with Gasteiger partial charge in [-0.1, -0.05) is 19.7 Å². The van der Waals surface area contributed by atoms with Crippen molar-refractivity contribution in [2.24, 2.45) is 0 Å². The van der Waals surface area contributed by atoms with Crippen LogP contribution >= 0.6 is 0 Å². The molecule has 2 unspecified atom stereocenters. The van der Waals surface area contributed by atoms with Crippen LogP contribution in [0, 0.1) is 0 Å². The molecule has 0 heterocycles. The van der Waals surface area contributed by atoms with Crippen LogP contribution in [0.2, 0.25) is 0 Å². The summed E-state index contributed by atoms with van der Waals surface area (Å²) in [5.74, 6) is -10.8. The van der Waals surface area contributed by atoms with Gasteiger partial charge in [0.15, 0.2) is 0 Å². The lowest BCUT2D eigenvalue weighted by Crippen LogP contribution is -2.63. The summed E-state index contributed by atoms with van der Waals surface area (Å²) >= 11 is 0. The highest BCUT2D eigenvalue weighted by Crippen LogP contribution is 2.29. The number of carbonyl (C=O) groups excluding carboxylic acids is 3. The number of esters is 3. The van der Waals surface area contributed by atoms with Gasteiger partial charge < -0.3 is 29.5 Å². The summed E-state index contributed by atoms with van der Waals surface area (Å²) in [4.78, 5) is 34.4. The van der Waals surface area contributed by atoms with Gasteiger partial charge in [-0.05, 0) is 13.8 Å². The number of ether oxygens (including phenoxy) is 3. The normalized spacial score (nSPS) is 15.3. The molecule has 0 aliphatic rings. The molecule has 9 nitrogen and oxygen atoms in total. The Balaban J connectivity index is 5.83. The molecule has 23 heavy (non-hydrogen) atoms. The fourth-order valence-electron chi connectivity index (χ4n) is 1.01. The second-order valence-electron chi connectivity index (χ2n) is 4.49. The first-order valence-electron chi connectivity index (χ1n) is 6.11. The van der Waals surface area contributed by atoms with Crippen LogP contribution in [-0.4, -0.2) is 51.6 Å². The van der Waals surface area contributed by atoms with E-state index in [0.29, 0.717) is 6.08 Å². The number of carbonyl (C=O) groups is 3. The van der Waals surface area contributed by atoms with Crippen LogP contribution in [0.15, 0.2) is 37.0 Å². The molecule has 0 amide bonds. The smallest absolute Gasteiger partial charge is 0.416 e. The summed E-state index contributed by atoms with van der Waals surface area (Å²) in [5, 5.41) is 29.6. The van der Waals surface area contributed by atoms with E-state index in [-0.39, 0.29) is 11.1 Å². The number of hydrogen-bond acceptors (Lipinski definition) is 9. The molecule has 0 saturated heterocycles. The van der Waals surface area contributed by atoms with Crippen molar-refractivity contribution in [3.05, 3.63) is 37.0 Å². The van der Waals surface area contributed by atoms with Crippen molar-refractivity contribution in [2.75, 3.05) is 6.61 Å². The first-order chi connectivity index (χ1) is 10.4. The van der Waals surface area contributed by atoms with E-state index in [1.165, 1.54) is 13.8 Å². The molecule has 0 aromatic rings. The third-order valence-corrected chi connectivity index (χ3v) is 2.30. The van der Waals surface area contributed by atoms with Crippen molar-refractivity contribution < 1.29 is 43.9 Å². The zero-order valence-electron chi connectivity index (χ0n) is 12.7. The highest BCUT2D eigenvalue weighted by atomic mass is 16.9. The third kappa shape index (κ3) is 5.02. The van der Waals surface area contributed by atoms with Crippen LogP contribution in [0.5, 0.6) is 0 Å². The van der Waals surface area contributed by atoms with Gasteiger partial charge in [0.2, 0.25) is 0 Å². The summed E-state index contributed by atoms with van der Waals surface area (Å²) < 4.78 is 13.2. The summed E-state index contributed by atoms with van der Waals surface area (Å²) in [6, 6.07) is 0. The van der Waals surface area contributed by atoms with Crippen LogP contribution in [0.25, 0.3) is 0 Å². The van der Waals surface area contributed by atoms with Crippen molar-refractivity contribution in [1.29, 1.82) is 0 Å². The molecule has 0 radical (unpaired) electrons. The van der Waals surface area contributed by atoms with Gasteiger partial charge in [-0.25, -0.2) is 14.4 Å². The van der Waals surface area contributed by atoms with E-state index in [4.69, 9.17) is 0 Å². The Bertz CT molecular complexity index is 550. The number of rotatable bonds is 8. The zero-order chi connectivity index (χ0) is 18.4. The molecular weight excluding hydrogens is 312 g/mol. The number of hydrogen-bond donors (Lipinski definition) is 3. The first-order valence-corrected chi connectivity index (χ1v) is 6.11. The maximum atomic E-state index is 11.6. The Morgan fingerprint density at radius 2 is 1.43 bits per heavy atom. The fourth-order valence-corrected chi connectivity index (χ4v) is 1.01. The van der Waals surface area contributed by atoms with Gasteiger partial charge in [-0.3, -0.25) is 0 Å². The molecule has 128 valence electrons. The van der Waals surface area contributed by atoms with Gasteiger partial charge in [0.25, 0.3) is 0 Å². The number of aliphatic hydroxyl groups excluding tert-OH is 1. The van der Waals surface area contributed by atoms with Crippen LogP contribution in [-0.2, 0) is 28.6 Å². The zero-order valence-corrected chi connectivity index (χ0v) is 12.7. The average Bonchev–Trinajstić information content (AvgIpc) is 2.45. The highest BCUT2D eigenvalue weighted by molar-refractivity contribution is 5.88. The summed E-state index contributed by atoms with van der Waals surface area (Å²) in [7, 11) is 0. The Morgan fingerprint density at radius 1 is 1.00 bits per heavy atom. The summed E-state index contributed by atoms with van der Waals surface area (Å²) in [5.41, 5.74) is -0.468. The van der Waals surface area contributed by atoms with E-state index < -0.39 is 36.3 Å². The minimum atomic E-state index is -3.56. The van der Waals surface area contributed by atoms with Crippen molar-refractivity contribution in [3.63, 3.8) is 0 Å². The SMILES string of the molecule is C=CC(=O)OC(O)(OC(=O)C(=C)C)C(O)(CO)OC(=O)C(=C)C. The quantitative estimate of drug-likeness (QED) is 0.299. The lowest BCUT2D eigenvalue weighted by molar-refractivity contribution is -0.445. The van der Waals surface area contributed by atoms with Crippen LogP contribution in [0.4, 0.5) is 0 Å². The lowest BCUT2D eigenvalue weighted by Gasteiger charge is -2.37. The summed E-state index contributed by atoms with van der Waals surface area (Å²) in [6.07, 6.45) is 0.567. The summed E-state index contributed by atoms with van der Waals surface area (Å²) in [6.45, 7) is 10.4. The Hall–Kier alpha value is -2.49. The maximum Gasteiger partial charge on any atom is 0.446 e. The van der Waals surface area contributed by atoms with E-state index in [2.05, 4.69) is 33.9 Å². The first kappa shape index (κ1) is 20.5. The van der Waals surface area contributed by atoms with Crippen LogP contribution < -0.4 is 0 Å². The van der Waals surface area contributed by atoms with E-state index in [1.54, 1.807) is 0 Å². The van der Waals surface area contributed by atoms with Gasteiger partial charge in [0.05, 0.1) is 0 Å². The van der Waals surface area contributed by atoms with Gasteiger partial charge >= 0.3 is 29.7 Å². The molecule has 0 aliphatic carbocycles. The minimum absolute atomic E-state index is 0.222. The monoisotopic (exact) mass is 330 g/mol. The second kappa shape index (κ2) is 7.68. The molecule has 0 fully saturated rings. The molecule has 0 spiro atoms. The van der Waals surface area contributed by atoms with Gasteiger partial charge in [-0.15, -0.1) is 0 Å². The molecular formula is C14H18O9. The van der Waals surface area contributed by atoms with Crippen molar-refractivity contribution in [2.45, 2.75) is 25.6 Å². The van der Waals surface area contributed by atoms with Crippen LogP contribution in [0.3, 0.4) is 0 Å². The standard InChI is InChI=1S/C14H18O9/c1-6-10(16)21-14(20,23-12(18)9(4)5)13(19,7-15)22-11(17)8(2)3/h6,15,19-20H,1-2,4,7H2,3,5H3. The lowest BCUT2D eigenvalue weighted by atomic mass is 10.2. The number of aliphatic hydroxyl groups is 3. The minimum Gasteiger partial charge on any atom is -0.416 e. The molecule has 0 bridgehead atoms. The van der Waals surface area contributed by atoms with Crippen molar-refractivity contribution >= 4 is 17.9 Å². The van der Waals surface area contributed by atoms with E-state index in [9.17, 15) is 29.7 Å². The molecule has 0 aromatic carbocycles. The molecule has 0 aromatic heterocycles. The van der Waals surface area contributed by atoms with Crippen LogP contribution in [0.1, 0.15) is 13.8 Å². The largest absolute Gasteiger partial charge is 0.446 e. The maximum absolute atomic E-state index is 11.6. The average molecular weight is 330 g/mol. The molecule has 3 N–H and O–H groups in total. The Morgan fingerprint density at radius 3 is 1.78 bits per heavy atom. The molecule has 0 aliphatic heterocycles. The second-order valence-corrected chi connectivity index (χ2v) is 4.49. The van der Waals surface area contributed by atoms with E-state index in [0.717, 1.165) is 0 Å². The molecule has 2 atom stereocenters. The topological polar surface area (TPSA) is 140 Å². The predicted molar refractivity (Wildman–Crippen MR) is 75.1 cm³/mol. The van der Waals surface area contributed by atoms with Gasteiger partial charge in [0, 0.05) is 17.2 Å². The highest BCUT2D eigenvalue weighted by Gasteiger charge is 2.61. The van der Waals surface area contributed by atoms with E-state index in [1.807, 2.05) is 0 Å². The molecule has 0 saturated carbocycles. The fraction of sp³-hybridized carbons (Fsp3) is 0.357. The van der Waals surface area contributed by atoms with Gasteiger partial charge in [-0.2, -0.15) is 0 Å². The van der Waals surface area contributed by atoms with E-state index >= 15 is 0 Å². The van der Waals surface area contributed by atoms with Crippen molar-refractivity contribution in [3.8, 4) is 0 Å². The Kier molecular flexibility index (Phi) is 6.84. The Labute approximate surface area is 132 Å². The third-order valence-electron chi connectivity index (χ3n) is 2.30.